The topological polar surface area (TPSA) is 58.6 Å². The van der Waals surface area contributed by atoms with Crippen molar-refractivity contribution in [1.29, 1.82) is 0 Å². The molecule has 1 saturated heterocycles. The number of rotatable bonds is 7. The largest absolute Gasteiger partial charge is 0.497 e. The van der Waals surface area contributed by atoms with Crippen LogP contribution in [0.4, 0.5) is 0 Å². The van der Waals surface area contributed by atoms with Crippen molar-refractivity contribution in [2.45, 2.75) is 38.3 Å². The Hall–Kier alpha value is -2.48. The van der Waals surface area contributed by atoms with Crippen LogP contribution in [0.15, 0.2) is 30.3 Å². The lowest BCUT2D eigenvalue weighted by molar-refractivity contribution is -0.243. The van der Waals surface area contributed by atoms with Crippen molar-refractivity contribution in [1.82, 2.24) is 4.90 Å². The Balaban J connectivity index is 1.91. The first-order valence-electron chi connectivity index (χ1n) is 10.6. The number of morpholine rings is 1. The lowest BCUT2D eigenvalue weighted by atomic mass is 9.81. The molecule has 2 heterocycles. The summed E-state index contributed by atoms with van der Waals surface area (Å²) in [5.74, 6) is 2.71. The van der Waals surface area contributed by atoms with Crippen molar-refractivity contribution in [2.24, 2.45) is 0 Å². The number of fused-ring (bicyclic) bond motifs is 4. The van der Waals surface area contributed by atoms with Crippen LogP contribution in [-0.4, -0.2) is 52.8 Å². The number of benzene rings is 2. The Morgan fingerprint density at radius 2 is 1.77 bits per heavy atom. The number of ether oxygens (including phenoxy) is 6. The Kier molecular flexibility index (Phi) is 6.27. The van der Waals surface area contributed by atoms with Gasteiger partial charge in [0.25, 0.3) is 0 Å². The lowest BCUT2D eigenvalue weighted by Gasteiger charge is -2.52. The van der Waals surface area contributed by atoms with E-state index in [2.05, 4.69) is 24.0 Å². The molecule has 7 nitrogen and oxygen atoms in total. The average Bonchev–Trinajstić information content (AvgIpc) is 2.81. The second-order valence-corrected chi connectivity index (χ2v) is 7.68. The molecular formula is C24H31NO6. The molecule has 2 unspecified atom stereocenters. The number of hydrogen-bond donors (Lipinski definition) is 0. The molecule has 0 amide bonds. The van der Waals surface area contributed by atoms with Crippen LogP contribution in [0.1, 0.15) is 48.7 Å². The van der Waals surface area contributed by atoms with Gasteiger partial charge in [0.15, 0.2) is 17.8 Å². The van der Waals surface area contributed by atoms with Gasteiger partial charge in [-0.05, 0) is 43.2 Å². The van der Waals surface area contributed by atoms with Gasteiger partial charge in [0.2, 0.25) is 5.75 Å². The highest BCUT2D eigenvalue weighted by Crippen LogP contribution is 2.57. The molecule has 0 N–H and O–H groups in total. The summed E-state index contributed by atoms with van der Waals surface area (Å²) >= 11 is 0. The van der Waals surface area contributed by atoms with Crippen molar-refractivity contribution >= 4 is 0 Å². The quantitative estimate of drug-likeness (QED) is 0.651. The molecule has 0 spiro atoms. The van der Waals surface area contributed by atoms with E-state index in [0.717, 1.165) is 22.4 Å². The molecule has 0 radical (unpaired) electrons. The van der Waals surface area contributed by atoms with E-state index in [0.29, 0.717) is 30.4 Å². The van der Waals surface area contributed by atoms with Gasteiger partial charge in [-0.25, -0.2) is 0 Å². The van der Waals surface area contributed by atoms with E-state index in [-0.39, 0.29) is 24.5 Å². The third-order valence-corrected chi connectivity index (χ3v) is 6.21. The van der Waals surface area contributed by atoms with Crippen LogP contribution in [0.3, 0.4) is 0 Å². The molecule has 0 saturated carbocycles. The van der Waals surface area contributed by atoms with Gasteiger partial charge in [-0.1, -0.05) is 12.1 Å². The van der Waals surface area contributed by atoms with Crippen LogP contribution in [0, 0.1) is 0 Å². The van der Waals surface area contributed by atoms with Crippen LogP contribution in [0.2, 0.25) is 0 Å². The van der Waals surface area contributed by atoms with Crippen LogP contribution >= 0.6 is 0 Å². The molecular weight excluding hydrogens is 398 g/mol. The minimum atomic E-state index is -0.313. The minimum Gasteiger partial charge on any atom is -0.497 e. The zero-order valence-corrected chi connectivity index (χ0v) is 19.0. The fourth-order valence-corrected chi connectivity index (χ4v) is 4.88. The fourth-order valence-electron chi connectivity index (χ4n) is 4.88. The molecule has 31 heavy (non-hydrogen) atoms. The van der Waals surface area contributed by atoms with E-state index in [4.69, 9.17) is 28.4 Å². The molecule has 2 bridgehead atoms. The Morgan fingerprint density at radius 1 is 1.00 bits per heavy atom. The van der Waals surface area contributed by atoms with Crippen LogP contribution in [0.5, 0.6) is 23.0 Å². The van der Waals surface area contributed by atoms with Crippen LogP contribution in [-0.2, 0) is 9.47 Å². The van der Waals surface area contributed by atoms with Crippen molar-refractivity contribution in [3.8, 4) is 23.0 Å². The SMILES string of the molecule is CCOC1CN2[C@H](C)c3c(cc(OC)c(OC)c3OC)[C@@H](O1)[C@@H]2c1cccc(OC)c1. The molecule has 0 aliphatic carbocycles. The van der Waals surface area contributed by atoms with Crippen LogP contribution < -0.4 is 18.9 Å². The predicted octanol–water partition coefficient (Wildman–Crippen LogP) is 4.27. The van der Waals surface area contributed by atoms with Gasteiger partial charge in [0, 0.05) is 18.2 Å². The smallest absolute Gasteiger partial charge is 0.203 e. The summed E-state index contributed by atoms with van der Waals surface area (Å²) in [4.78, 5) is 2.42. The molecule has 7 heteroatoms. The molecule has 2 aliphatic rings. The zero-order valence-electron chi connectivity index (χ0n) is 19.0. The Morgan fingerprint density at radius 3 is 2.42 bits per heavy atom. The number of hydrogen-bond acceptors (Lipinski definition) is 7. The van der Waals surface area contributed by atoms with E-state index < -0.39 is 0 Å². The second kappa shape index (κ2) is 8.94. The van der Waals surface area contributed by atoms with Gasteiger partial charge < -0.3 is 28.4 Å². The molecule has 5 atom stereocenters. The first kappa shape index (κ1) is 21.7. The normalized spacial score (nSPS) is 26.7. The van der Waals surface area contributed by atoms with E-state index in [9.17, 15) is 0 Å². The first-order chi connectivity index (χ1) is 15.1. The summed E-state index contributed by atoms with van der Waals surface area (Å²) in [7, 11) is 6.60. The predicted molar refractivity (Wildman–Crippen MR) is 116 cm³/mol. The van der Waals surface area contributed by atoms with Gasteiger partial charge in [-0.15, -0.1) is 0 Å². The molecule has 0 aromatic heterocycles. The summed E-state index contributed by atoms with van der Waals surface area (Å²) in [5.41, 5.74) is 3.21. The van der Waals surface area contributed by atoms with E-state index in [1.807, 2.05) is 25.1 Å². The van der Waals surface area contributed by atoms with Gasteiger partial charge in [0.1, 0.15) is 11.9 Å². The Labute approximate surface area is 183 Å². The van der Waals surface area contributed by atoms with E-state index in [1.54, 1.807) is 28.4 Å². The third kappa shape index (κ3) is 3.60. The van der Waals surface area contributed by atoms with Gasteiger partial charge >= 0.3 is 0 Å². The van der Waals surface area contributed by atoms with Crippen molar-refractivity contribution < 1.29 is 28.4 Å². The Bertz CT molecular complexity index is 933. The van der Waals surface area contributed by atoms with Crippen molar-refractivity contribution in [2.75, 3.05) is 41.6 Å². The maximum atomic E-state index is 6.53. The minimum absolute atomic E-state index is 0.00267. The summed E-state index contributed by atoms with van der Waals surface area (Å²) in [6.07, 6.45) is -0.580. The highest BCUT2D eigenvalue weighted by Gasteiger charge is 2.48. The standard InChI is InChI=1S/C24H31NO6/c1-7-30-19-13-25-14(2)20-17(12-18(27-4)23(28-5)24(20)29-6)22(31-19)21(25)15-9-8-10-16(11-15)26-3/h8-12,14,19,21-22H,7,13H2,1-6H3/t14-,19?,21+,22-/m1/s1. The molecule has 2 aromatic rings. The summed E-state index contributed by atoms with van der Waals surface area (Å²) < 4.78 is 35.0. The zero-order chi connectivity index (χ0) is 22.1. The molecule has 1 fully saturated rings. The molecule has 2 aromatic carbocycles. The monoisotopic (exact) mass is 429 g/mol. The average molecular weight is 430 g/mol. The number of nitrogens with zero attached hydrogens (tertiary/aromatic N) is 1. The van der Waals surface area contributed by atoms with Crippen molar-refractivity contribution in [3.63, 3.8) is 0 Å². The number of methoxy groups -OCH3 is 4. The van der Waals surface area contributed by atoms with E-state index >= 15 is 0 Å². The lowest BCUT2D eigenvalue weighted by Crippen LogP contribution is -2.51. The maximum Gasteiger partial charge on any atom is 0.203 e. The highest BCUT2D eigenvalue weighted by atomic mass is 16.7. The third-order valence-electron chi connectivity index (χ3n) is 6.21. The molecule has 2 aliphatic heterocycles. The van der Waals surface area contributed by atoms with Gasteiger partial charge in [0.05, 0.1) is 41.0 Å². The maximum absolute atomic E-state index is 6.53. The summed E-state index contributed by atoms with van der Waals surface area (Å²) in [6, 6.07) is 10.2. The van der Waals surface area contributed by atoms with E-state index in [1.165, 1.54) is 0 Å². The first-order valence-corrected chi connectivity index (χ1v) is 10.6. The van der Waals surface area contributed by atoms with Gasteiger partial charge in [-0.3, -0.25) is 4.90 Å². The van der Waals surface area contributed by atoms with Crippen LogP contribution in [0.25, 0.3) is 0 Å². The highest BCUT2D eigenvalue weighted by molar-refractivity contribution is 5.62. The fraction of sp³-hybridized carbons (Fsp3) is 0.500. The second-order valence-electron chi connectivity index (χ2n) is 7.68. The van der Waals surface area contributed by atoms with Crippen molar-refractivity contribution in [3.05, 3.63) is 47.0 Å². The summed E-state index contributed by atoms with van der Waals surface area (Å²) in [5, 5.41) is 0. The molecule has 4 rings (SSSR count). The van der Waals surface area contributed by atoms with Gasteiger partial charge in [-0.2, -0.15) is 0 Å². The molecule has 168 valence electrons. The summed E-state index contributed by atoms with van der Waals surface area (Å²) in [6.45, 7) is 5.40.